The highest BCUT2D eigenvalue weighted by Crippen LogP contribution is 2.28. The number of nitrogen functional groups attached to an aromatic ring is 1. The summed E-state index contributed by atoms with van der Waals surface area (Å²) in [7, 11) is 0. The fourth-order valence-corrected chi connectivity index (χ4v) is 2.88. The number of benzene rings is 1. The quantitative estimate of drug-likeness (QED) is 0.828. The summed E-state index contributed by atoms with van der Waals surface area (Å²) in [6.07, 6.45) is 2.43. The van der Waals surface area contributed by atoms with Gasteiger partial charge in [-0.05, 0) is 31.0 Å². The van der Waals surface area contributed by atoms with Crippen molar-refractivity contribution >= 4 is 17.3 Å². The molecule has 0 saturated carbocycles. The zero-order valence-corrected chi connectivity index (χ0v) is 11.7. The first-order chi connectivity index (χ1) is 9.75. The van der Waals surface area contributed by atoms with E-state index in [4.69, 9.17) is 10.5 Å². The van der Waals surface area contributed by atoms with E-state index < -0.39 is 0 Å². The molecule has 2 N–H and O–H groups in total. The molecular formula is C15H21N3O2. The molecule has 5 heteroatoms. The van der Waals surface area contributed by atoms with Crippen LogP contribution in [0.2, 0.25) is 0 Å². The van der Waals surface area contributed by atoms with Crippen molar-refractivity contribution in [3.63, 3.8) is 0 Å². The van der Waals surface area contributed by atoms with Gasteiger partial charge in [0, 0.05) is 31.7 Å². The number of anilines is 2. The number of hydrogen-bond donors (Lipinski definition) is 1. The van der Waals surface area contributed by atoms with Crippen molar-refractivity contribution in [2.45, 2.75) is 12.8 Å². The topological polar surface area (TPSA) is 58.8 Å². The van der Waals surface area contributed by atoms with Crippen LogP contribution in [0.4, 0.5) is 11.4 Å². The molecule has 3 rings (SSSR count). The van der Waals surface area contributed by atoms with Crippen LogP contribution in [0.1, 0.15) is 23.2 Å². The number of nitrogens with zero attached hydrogens (tertiary/aromatic N) is 2. The number of rotatable bonds is 2. The number of ether oxygens (including phenoxy) is 1. The first-order valence-corrected chi connectivity index (χ1v) is 7.27. The van der Waals surface area contributed by atoms with Crippen LogP contribution in [-0.2, 0) is 4.74 Å². The first kappa shape index (κ1) is 13.2. The summed E-state index contributed by atoms with van der Waals surface area (Å²) in [4.78, 5) is 16.5. The summed E-state index contributed by atoms with van der Waals surface area (Å²) in [5.41, 5.74) is 8.56. The lowest BCUT2D eigenvalue weighted by Gasteiger charge is -2.27. The molecule has 0 unspecified atom stereocenters. The summed E-state index contributed by atoms with van der Waals surface area (Å²) < 4.78 is 5.27. The van der Waals surface area contributed by atoms with Crippen LogP contribution in [-0.4, -0.2) is 50.2 Å². The van der Waals surface area contributed by atoms with Crippen molar-refractivity contribution in [1.29, 1.82) is 0 Å². The van der Waals surface area contributed by atoms with Crippen molar-refractivity contribution in [1.82, 2.24) is 4.90 Å². The van der Waals surface area contributed by atoms with E-state index in [2.05, 4.69) is 4.90 Å². The summed E-state index contributed by atoms with van der Waals surface area (Å²) in [6, 6.07) is 5.68. The Labute approximate surface area is 119 Å². The van der Waals surface area contributed by atoms with Crippen molar-refractivity contribution in [3.05, 3.63) is 23.8 Å². The van der Waals surface area contributed by atoms with Crippen molar-refractivity contribution < 1.29 is 9.53 Å². The van der Waals surface area contributed by atoms with E-state index in [0.29, 0.717) is 37.6 Å². The van der Waals surface area contributed by atoms with Gasteiger partial charge in [-0.15, -0.1) is 0 Å². The van der Waals surface area contributed by atoms with Crippen LogP contribution in [0.25, 0.3) is 0 Å². The average molecular weight is 275 g/mol. The van der Waals surface area contributed by atoms with Crippen LogP contribution in [0, 0.1) is 0 Å². The lowest BCUT2D eigenvalue weighted by Crippen LogP contribution is -2.40. The SMILES string of the molecule is Nc1cc(C(=O)N2CCOCC2)ccc1N1CCCC1. The summed E-state index contributed by atoms with van der Waals surface area (Å²) >= 11 is 0. The largest absolute Gasteiger partial charge is 0.397 e. The van der Waals surface area contributed by atoms with E-state index in [9.17, 15) is 4.79 Å². The van der Waals surface area contributed by atoms with E-state index in [1.54, 1.807) is 0 Å². The van der Waals surface area contributed by atoms with Gasteiger partial charge in [0.25, 0.3) is 5.91 Å². The van der Waals surface area contributed by atoms with E-state index in [-0.39, 0.29) is 5.91 Å². The zero-order valence-electron chi connectivity index (χ0n) is 11.7. The Morgan fingerprint density at radius 2 is 1.80 bits per heavy atom. The molecule has 0 radical (unpaired) electrons. The zero-order chi connectivity index (χ0) is 13.9. The van der Waals surface area contributed by atoms with Crippen LogP contribution in [0.3, 0.4) is 0 Å². The van der Waals surface area contributed by atoms with Gasteiger partial charge in [0.1, 0.15) is 0 Å². The highest BCUT2D eigenvalue weighted by Gasteiger charge is 2.20. The molecule has 1 amide bonds. The standard InChI is InChI=1S/C15H21N3O2/c16-13-11-12(15(19)18-7-9-20-10-8-18)3-4-14(13)17-5-1-2-6-17/h3-4,11H,1-2,5-10,16H2. The van der Waals surface area contributed by atoms with Crippen LogP contribution in [0.15, 0.2) is 18.2 Å². The Morgan fingerprint density at radius 3 is 2.45 bits per heavy atom. The predicted octanol–water partition coefficient (Wildman–Crippen LogP) is 1.34. The second-order valence-electron chi connectivity index (χ2n) is 5.37. The molecule has 108 valence electrons. The third-order valence-corrected chi connectivity index (χ3v) is 4.02. The van der Waals surface area contributed by atoms with Gasteiger partial charge in [0.2, 0.25) is 0 Å². The van der Waals surface area contributed by atoms with Crippen LogP contribution < -0.4 is 10.6 Å². The monoisotopic (exact) mass is 275 g/mol. The minimum atomic E-state index is 0.0490. The summed E-state index contributed by atoms with van der Waals surface area (Å²) in [6.45, 7) is 4.67. The molecule has 0 atom stereocenters. The highest BCUT2D eigenvalue weighted by atomic mass is 16.5. The van der Waals surface area contributed by atoms with E-state index in [0.717, 1.165) is 18.8 Å². The molecule has 2 fully saturated rings. The maximum absolute atomic E-state index is 12.4. The second kappa shape index (κ2) is 5.71. The molecule has 0 spiro atoms. The Morgan fingerprint density at radius 1 is 1.10 bits per heavy atom. The number of carbonyl (C=O) groups excluding carboxylic acids is 1. The molecule has 1 aromatic rings. The van der Waals surface area contributed by atoms with Crippen LogP contribution >= 0.6 is 0 Å². The fraction of sp³-hybridized carbons (Fsp3) is 0.533. The third kappa shape index (κ3) is 2.58. The van der Waals surface area contributed by atoms with Crippen molar-refractivity contribution in [2.75, 3.05) is 50.0 Å². The molecule has 2 saturated heterocycles. The molecule has 20 heavy (non-hydrogen) atoms. The molecule has 0 bridgehead atoms. The molecule has 2 aliphatic heterocycles. The minimum absolute atomic E-state index is 0.0490. The number of nitrogens with two attached hydrogens (primary N) is 1. The van der Waals surface area contributed by atoms with E-state index in [1.165, 1.54) is 12.8 Å². The maximum Gasteiger partial charge on any atom is 0.254 e. The van der Waals surface area contributed by atoms with Crippen molar-refractivity contribution in [2.24, 2.45) is 0 Å². The fourth-order valence-electron chi connectivity index (χ4n) is 2.88. The molecule has 5 nitrogen and oxygen atoms in total. The molecule has 1 aromatic carbocycles. The lowest BCUT2D eigenvalue weighted by molar-refractivity contribution is 0.0303. The van der Waals surface area contributed by atoms with Crippen molar-refractivity contribution in [3.8, 4) is 0 Å². The van der Waals surface area contributed by atoms with Gasteiger partial charge >= 0.3 is 0 Å². The maximum atomic E-state index is 12.4. The Bertz CT molecular complexity index is 492. The summed E-state index contributed by atoms with van der Waals surface area (Å²) in [5.74, 6) is 0.0490. The predicted molar refractivity (Wildman–Crippen MR) is 79.0 cm³/mol. The number of carbonyl (C=O) groups is 1. The Hall–Kier alpha value is -1.75. The van der Waals surface area contributed by atoms with Gasteiger partial charge in [-0.25, -0.2) is 0 Å². The smallest absolute Gasteiger partial charge is 0.254 e. The average Bonchev–Trinajstić information content (AvgIpc) is 3.01. The highest BCUT2D eigenvalue weighted by molar-refractivity contribution is 5.96. The minimum Gasteiger partial charge on any atom is -0.397 e. The number of morpholine rings is 1. The normalized spacial score (nSPS) is 19.4. The lowest BCUT2D eigenvalue weighted by atomic mass is 10.1. The van der Waals surface area contributed by atoms with Gasteiger partial charge in [-0.1, -0.05) is 0 Å². The van der Waals surface area contributed by atoms with Gasteiger partial charge in [0.05, 0.1) is 24.6 Å². The van der Waals surface area contributed by atoms with E-state index >= 15 is 0 Å². The second-order valence-corrected chi connectivity index (χ2v) is 5.37. The molecule has 0 aliphatic carbocycles. The summed E-state index contributed by atoms with van der Waals surface area (Å²) in [5, 5.41) is 0. The van der Waals surface area contributed by atoms with Gasteiger partial charge < -0.3 is 20.3 Å². The molecular weight excluding hydrogens is 254 g/mol. The molecule has 2 aliphatic rings. The van der Waals surface area contributed by atoms with E-state index in [1.807, 2.05) is 23.1 Å². The van der Waals surface area contributed by atoms with Crippen LogP contribution in [0.5, 0.6) is 0 Å². The number of hydrogen-bond acceptors (Lipinski definition) is 4. The third-order valence-electron chi connectivity index (χ3n) is 4.02. The van der Waals surface area contributed by atoms with Gasteiger partial charge in [-0.3, -0.25) is 4.79 Å². The number of amides is 1. The Kier molecular flexibility index (Phi) is 3.78. The van der Waals surface area contributed by atoms with Gasteiger partial charge in [0.15, 0.2) is 0 Å². The Balaban J connectivity index is 1.77. The first-order valence-electron chi connectivity index (χ1n) is 7.27. The molecule has 0 aromatic heterocycles. The molecule has 2 heterocycles. The van der Waals surface area contributed by atoms with Gasteiger partial charge in [-0.2, -0.15) is 0 Å².